The van der Waals surface area contributed by atoms with E-state index in [0.717, 1.165) is 5.56 Å². The topological polar surface area (TPSA) is 56.3 Å². The van der Waals surface area contributed by atoms with Crippen LogP contribution in [0.25, 0.3) is 0 Å². The maximum Gasteiger partial charge on any atom is 0.158 e. The third-order valence-electron chi connectivity index (χ3n) is 2.06. The highest BCUT2D eigenvalue weighted by Crippen LogP contribution is 2.14. The lowest BCUT2D eigenvalue weighted by atomic mass is 10.3. The first kappa shape index (κ1) is 13.4. The van der Waals surface area contributed by atoms with Crippen LogP contribution in [0.2, 0.25) is 5.15 Å². The number of hydrogen-bond donors (Lipinski definition) is 0. The Labute approximate surface area is 101 Å². The molecule has 0 fully saturated rings. The summed E-state index contributed by atoms with van der Waals surface area (Å²) in [5, 5.41) is 0.347. The summed E-state index contributed by atoms with van der Waals surface area (Å²) in [6.45, 7) is 2.01. The number of hydrogen-bond acceptors (Lipinski definition) is 4. The summed E-state index contributed by atoms with van der Waals surface area (Å²) in [5.74, 6) is -0.104. The molecule has 90 valence electrons. The predicted molar refractivity (Wildman–Crippen MR) is 63.4 cm³/mol. The van der Waals surface area contributed by atoms with Crippen LogP contribution < -0.4 is 0 Å². The normalized spacial score (nSPS) is 11.7. The lowest BCUT2D eigenvalue weighted by Gasteiger charge is -2.04. The highest BCUT2D eigenvalue weighted by Gasteiger charge is 2.13. The van der Waals surface area contributed by atoms with Crippen molar-refractivity contribution in [1.29, 1.82) is 0 Å². The fourth-order valence-corrected chi connectivity index (χ4v) is 2.48. The molecule has 0 bridgehead atoms. The molecule has 0 amide bonds. The molecule has 0 aliphatic rings. The Kier molecular flexibility index (Phi) is 4.70. The van der Waals surface area contributed by atoms with Crippen LogP contribution >= 0.6 is 11.6 Å². The molecule has 0 N–H and O–H groups in total. The molecule has 0 saturated heterocycles. The molecule has 1 aromatic heterocycles. The van der Waals surface area contributed by atoms with Crippen molar-refractivity contribution in [3.63, 3.8) is 0 Å². The quantitative estimate of drug-likeness (QED) is 0.758. The molecule has 16 heavy (non-hydrogen) atoms. The van der Waals surface area contributed by atoms with Gasteiger partial charge in [0.25, 0.3) is 0 Å². The monoisotopic (exact) mass is 263 g/mol. The van der Waals surface area contributed by atoms with Crippen LogP contribution in [0.3, 0.4) is 0 Å². The minimum absolute atomic E-state index is 0.00330. The van der Waals surface area contributed by atoms with Crippen molar-refractivity contribution in [2.75, 3.05) is 19.5 Å². The van der Waals surface area contributed by atoms with Gasteiger partial charge in [-0.2, -0.15) is 0 Å². The average Bonchev–Trinajstić information content (AvgIpc) is 2.20. The Morgan fingerprint density at radius 1 is 1.44 bits per heavy atom. The van der Waals surface area contributed by atoms with Gasteiger partial charge in [0.05, 0.1) is 23.8 Å². The zero-order valence-electron chi connectivity index (χ0n) is 9.23. The van der Waals surface area contributed by atoms with Gasteiger partial charge in [0.2, 0.25) is 0 Å². The molecule has 0 atom stereocenters. The van der Waals surface area contributed by atoms with Gasteiger partial charge in [-0.05, 0) is 18.6 Å². The van der Waals surface area contributed by atoms with E-state index in [2.05, 4.69) is 4.98 Å². The second-order valence-corrected chi connectivity index (χ2v) is 6.04. The fraction of sp³-hybridized carbons (Fsp3) is 0.500. The zero-order chi connectivity index (χ0) is 12.2. The van der Waals surface area contributed by atoms with E-state index in [1.165, 1.54) is 7.11 Å². The highest BCUT2D eigenvalue weighted by atomic mass is 35.5. The van der Waals surface area contributed by atoms with E-state index < -0.39 is 9.84 Å². The number of aromatic nitrogens is 1. The smallest absolute Gasteiger partial charge is 0.158 e. The lowest BCUT2D eigenvalue weighted by Crippen LogP contribution is -2.14. The number of ether oxygens (including phenoxy) is 1. The van der Waals surface area contributed by atoms with Crippen LogP contribution in [-0.4, -0.2) is 32.9 Å². The van der Waals surface area contributed by atoms with Gasteiger partial charge in [-0.3, -0.25) is 0 Å². The zero-order valence-corrected chi connectivity index (χ0v) is 10.8. The second-order valence-electron chi connectivity index (χ2n) is 3.50. The Hall–Kier alpha value is -0.650. The molecule has 1 heterocycles. The molecular formula is C10H14ClNO3S. The number of nitrogens with zero attached hydrogens (tertiary/aromatic N) is 1. The van der Waals surface area contributed by atoms with Crippen LogP contribution in [0, 0.1) is 6.92 Å². The minimum Gasteiger partial charge on any atom is -0.384 e. The number of halogens is 1. The lowest BCUT2D eigenvalue weighted by molar-refractivity contribution is 0.217. The third-order valence-corrected chi connectivity index (χ3v) is 3.97. The highest BCUT2D eigenvalue weighted by molar-refractivity contribution is 7.90. The van der Waals surface area contributed by atoms with E-state index in [1.807, 2.05) is 6.92 Å². The van der Waals surface area contributed by atoms with E-state index in [4.69, 9.17) is 16.3 Å². The molecule has 1 rings (SSSR count). The third kappa shape index (κ3) is 4.08. The summed E-state index contributed by atoms with van der Waals surface area (Å²) in [6, 6.07) is 3.43. The average molecular weight is 264 g/mol. The van der Waals surface area contributed by atoms with E-state index >= 15 is 0 Å². The Morgan fingerprint density at radius 3 is 2.69 bits per heavy atom. The van der Waals surface area contributed by atoms with Gasteiger partial charge in [0.15, 0.2) is 9.84 Å². The maximum absolute atomic E-state index is 11.6. The largest absolute Gasteiger partial charge is 0.384 e. The van der Waals surface area contributed by atoms with Crippen LogP contribution in [0.1, 0.15) is 11.3 Å². The van der Waals surface area contributed by atoms with Crippen LogP contribution in [0.15, 0.2) is 12.1 Å². The summed E-state index contributed by atoms with van der Waals surface area (Å²) in [5.41, 5.74) is 1.30. The molecule has 0 aliphatic heterocycles. The van der Waals surface area contributed by atoms with Crippen molar-refractivity contribution in [3.8, 4) is 0 Å². The molecule has 0 aromatic carbocycles. The van der Waals surface area contributed by atoms with Gasteiger partial charge < -0.3 is 4.74 Å². The van der Waals surface area contributed by atoms with Crippen molar-refractivity contribution in [1.82, 2.24) is 4.98 Å². The summed E-state index contributed by atoms with van der Waals surface area (Å²) >= 11 is 5.82. The molecular weight excluding hydrogens is 250 g/mol. The minimum atomic E-state index is -3.17. The van der Waals surface area contributed by atoms with Gasteiger partial charge in [0, 0.05) is 7.11 Å². The summed E-state index contributed by atoms with van der Waals surface area (Å²) in [6.07, 6.45) is 0. The molecule has 0 radical (unpaired) electrons. The number of rotatable bonds is 5. The number of methoxy groups -OCH3 is 1. The van der Waals surface area contributed by atoms with Crippen molar-refractivity contribution in [2.24, 2.45) is 0 Å². The van der Waals surface area contributed by atoms with E-state index in [1.54, 1.807) is 12.1 Å². The molecule has 1 aromatic rings. The van der Waals surface area contributed by atoms with Crippen molar-refractivity contribution in [2.45, 2.75) is 12.7 Å². The first-order chi connectivity index (χ1) is 7.44. The second kappa shape index (κ2) is 5.61. The molecule has 6 heteroatoms. The van der Waals surface area contributed by atoms with Crippen LogP contribution in [0.4, 0.5) is 0 Å². The fourth-order valence-electron chi connectivity index (χ4n) is 1.13. The van der Waals surface area contributed by atoms with E-state index in [9.17, 15) is 8.42 Å². The van der Waals surface area contributed by atoms with Gasteiger partial charge in [-0.15, -0.1) is 0 Å². The van der Waals surface area contributed by atoms with Gasteiger partial charge in [-0.1, -0.05) is 17.7 Å². The predicted octanol–water partition coefficient (Wildman–Crippen LogP) is 1.60. The Bertz CT molecular complexity index is 459. The van der Waals surface area contributed by atoms with Crippen molar-refractivity contribution in [3.05, 3.63) is 28.5 Å². The van der Waals surface area contributed by atoms with Gasteiger partial charge in [-0.25, -0.2) is 13.4 Å². The summed E-state index contributed by atoms with van der Waals surface area (Å²) < 4.78 is 27.9. The molecule has 0 saturated carbocycles. The van der Waals surface area contributed by atoms with Crippen LogP contribution in [0.5, 0.6) is 0 Å². The van der Waals surface area contributed by atoms with Gasteiger partial charge >= 0.3 is 0 Å². The van der Waals surface area contributed by atoms with Crippen molar-refractivity contribution >= 4 is 21.4 Å². The van der Waals surface area contributed by atoms with E-state index in [-0.39, 0.29) is 18.1 Å². The molecule has 0 unspecified atom stereocenters. The molecule has 4 nitrogen and oxygen atoms in total. The van der Waals surface area contributed by atoms with Gasteiger partial charge in [0.1, 0.15) is 5.15 Å². The number of pyridine rings is 1. The maximum atomic E-state index is 11.6. The first-order valence-electron chi connectivity index (χ1n) is 4.76. The van der Waals surface area contributed by atoms with E-state index in [0.29, 0.717) is 10.8 Å². The SMILES string of the molecule is COCCS(=O)(=O)Cc1ccc(C)c(Cl)n1. The first-order valence-corrected chi connectivity index (χ1v) is 6.96. The Morgan fingerprint density at radius 2 is 2.12 bits per heavy atom. The summed E-state index contributed by atoms with van der Waals surface area (Å²) in [7, 11) is -1.70. The molecule has 0 spiro atoms. The summed E-state index contributed by atoms with van der Waals surface area (Å²) in [4.78, 5) is 4.01. The Balaban J connectivity index is 2.76. The number of aryl methyl sites for hydroxylation is 1. The molecule has 0 aliphatic carbocycles. The number of sulfone groups is 1. The standard InChI is InChI=1S/C10H14ClNO3S/c1-8-3-4-9(12-10(8)11)7-16(13,14)6-5-15-2/h3-4H,5-7H2,1-2H3. The van der Waals surface area contributed by atoms with Crippen molar-refractivity contribution < 1.29 is 13.2 Å². The van der Waals surface area contributed by atoms with Crippen LogP contribution in [-0.2, 0) is 20.3 Å².